The molecule has 0 aliphatic rings. The molecule has 0 saturated heterocycles. The number of methoxy groups -OCH3 is 4. The van der Waals surface area contributed by atoms with Crippen molar-refractivity contribution < 1.29 is 18.9 Å². The summed E-state index contributed by atoms with van der Waals surface area (Å²) >= 11 is 0. The third-order valence-corrected chi connectivity index (χ3v) is 10.2. The average molecular weight is 461 g/mol. The highest BCUT2D eigenvalue weighted by molar-refractivity contribution is 7.19. The molecule has 0 aliphatic carbocycles. The molecular formula is C24H24N4O4Si. The first-order valence-electron chi connectivity index (χ1n) is 10.2. The van der Waals surface area contributed by atoms with E-state index in [1.54, 1.807) is 28.4 Å². The van der Waals surface area contributed by atoms with Gasteiger partial charge in [-0.05, 0) is 20.7 Å². The Bertz CT molecular complexity index is 990. The number of aromatic nitrogens is 4. The van der Waals surface area contributed by atoms with E-state index in [1.807, 2.05) is 73.3 Å². The molecule has 168 valence electrons. The quantitative estimate of drug-likeness (QED) is 0.355. The van der Waals surface area contributed by atoms with Crippen LogP contribution in [0.3, 0.4) is 0 Å². The van der Waals surface area contributed by atoms with E-state index in [2.05, 4.69) is 19.9 Å². The van der Waals surface area contributed by atoms with E-state index in [0.29, 0.717) is 23.5 Å². The van der Waals surface area contributed by atoms with Gasteiger partial charge in [0.2, 0.25) is 23.5 Å². The molecule has 0 aromatic carbocycles. The van der Waals surface area contributed by atoms with Crippen molar-refractivity contribution in [3.8, 4) is 23.5 Å². The molecule has 0 amide bonds. The van der Waals surface area contributed by atoms with Gasteiger partial charge in [-0.15, -0.1) is 0 Å². The first kappa shape index (κ1) is 22.2. The van der Waals surface area contributed by atoms with Crippen LogP contribution in [0.25, 0.3) is 0 Å². The second kappa shape index (κ2) is 9.66. The fraction of sp³-hybridized carbons (Fsp3) is 0.167. The molecule has 0 unspecified atom stereocenters. The third-order valence-electron chi connectivity index (χ3n) is 5.51. The predicted molar refractivity (Wildman–Crippen MR) is 127 cm³/mol. The Labute approximate surface area is 193 Å². The molecular weight excluding hydrogens is 436 g/mol. The maximum Gasteiger partial charge on any atom is 0.212 e. The summed E-state index contributed by atoms with van der Waals surface area (Å²) in [6.07, 6.45) is 7.40. The number of nitrogens with zero attached hydrogens (tertiary/aromatic N) is 4. The highest BCUT2D eigenvalue weighted by Gasteiger charge is 2.43. The summed E-state index contributed by atoms with van der Waals surface area (Å²) in [6, 6.07) is 15.6. The molecule has 0 N–H and O–H groups in total. The van der Waals surface area contributed by atoms with Gasteiger partial charge in [-0.2, -0.15) is 0 Å². The molecule has 8 nitrogen and oxygen atoms in total. The minimum absolute atomic E-state index is 0.537. The normalized spacial score (nSPS) is 11.0. The van der Waals surface area contributed by atoms with Crippen LogP contribution in [0, 0.1) is 0 Å². The molecule has 0 bridgehead atoms. The van der Waals surface area contributed by atoms with Crippen molar-refractivity contribution in [1.82, 2.24) is 19.9 Å². The van der Waals surface area contributed by atoms with Gasteiger partial charge < -0.3 is 18.9 Å². The fourth-order valence-corrected chi connectivity index (χ4v) is 8.26. The summed E-state index contributed by atoms with van der Waals surface area (Å²) in [5, 5.41) is 4.09. The van der Waals surface area contributed by atoms with Crippen LogP contribution in [0.5, 0.6) is 23.5 Å². The molecule has 4 heterocycles. The van der Waals surface area contributed by atoms with E-state index in [1.165, 1.54) is 0 Å². The standard InChI is InChI=1S/C24H24N4O4Si/c1-29-21-9-5-17(13-25-21)33(18-6-10-22(30-2)26-14-18,19-7-11-23(31-3)27-15-19)20-8-12-24(32-4)28-16-20/h5-16H,1-4H3. The van der Waals surface area contributed by atoms with Crippen molar-refractivity contribution in [2.24, 2.45) is 0 Å². The monoisotopic (exact) mass is 460 g/mol. The zero-order valence-corrected chi connectivity index (χ0v) is 19.9. The van der Waals surface area contributed by atoms with Gasteiger partial charge in [0.1, 0.15) is 0 Å². The number of ether oxygens (including phenoxy) is 4. The second-order valence-electron chi connectivity index (χ2n) is 7.11. The van der Waals surface area contributed by atoms with Gasteiger partial charge in [0.25, 0.3) is 0 Å². The van der Waals surface area contributed by atoms with Crippen molar-refractivity contribution in [2.45, 2.75) is 0 Å². The molecule has 0 spiro atoms. The van der Waals surface area contributed by atoms with E-state index < -0.39 is 8.07 Å². The summed E-state index contributed by atoms with van der Waals surface area (Å²) in [7, 11) is 3.48. The zero-order valence-electron chi connectivity index (χ0n) is 18.9. The lowest BCUT2D eigenvalue weighted by Gasteiger charge is -2.33. The summed E-state index contributed by atoms with van der Waals surface area (Å²) in [5.74, 6) is 2.15. The van der Waals surface area contributed by atoms with Crippen LogP contribution in [-0.4, -0.2) is 56.4 Å². The summed E-state index contributed by atoms with van der Waals surface area (Å²) in [5.41, 5.74) is 0. The minimum atomic E-state index is -2.91. The number of rotatable bonds is 8. The molecule has 0 radical (unpaired) electrons. The summed E-state index contributed by atoms with van der Waals surface area (Å²) < 4.78 is 21.2. The third kappa shape index (κ3) is 4.10. The maximum atomic E-state index is 5.31. The van der Waals surface area contributed by atoms with Crippen LogP contribution in [-0.2, 0) is 0 Å². The van der Waals surface area contributed by atoms with Crippen LogP contribution in [0.1, 0.15) is 0 Å². The molecule has 33 heavy (non-hydrogen) atoms. The van der Waals surface area contributed by atoms with Crippen LogP contribution < -0.4 is 39.7 Å². The predicted octanol–water partition coefficient (Wildman–Crippen LogP) is 0.678. The smallest absolute Gasteiger partial charge is 0.212 e. The number of hydrogen-bond donors (Lipinski definition) is 0. The first-order chi connectivity index (χ1) is 16.1. The van der Waals surface area contributed by atoms with Gasteiger partial charge in [0.15, 0.2) is 8.07 Å². The van der Waals surface area contributed by atoms with E-state index in [0.717, 1.165) is 20.7 Å². The Morgan fingerprint density at radius 1 is 0.424 bits per heavy atom. The van der Waals surface area contributed by atoms with E-state index >= 15 is 0 Å². The Morgan fingerprint density at radius 3 is 0.818 bits per heavy atom. The Morgan fingerprint density at radius 2 is 0.667 bits per heavy atom. The first-order valence-corrected chi connectivity index (χ1v) is 12.2. The lowest BCUT2D eigenvalue weighted by atomic mass is 10.4. The van der Waals surface area contributed by atoms with Gasteiger partial charge in [0, 0.05) is 49.1 Å². The van der Waals surface area contributed by atoms with Crippen LogP contribution in [0.4, 0.5) is 0 Å². The molecule has 4 aromatic heterocycles. The minimum Gasteiger partial charge on any atom is -0.481 e. The number of hydrogen-bond acceptors (Lipinski definition) is 8. The lowest BCUT2D eigenvalue weighted by Crippen LogP contribution is -2.75. The van der Waals surface area contributed by atoms with Gasteiger partial charge >= 0.3 is 0 Å². The topological polar surface area (TPSA) is 88.5 Å². The molecule has 4 aromatic rings. The molecule has 4 rings (SSSR count). The van der Waals surface area contributed by atoms with Crippen LogP contribution in [0.15, 0.2) is 73.3 Å². The lowest BCUT2D eigenvalue weighted by molar-refractivity contribution is 0.398. The summed E-state index contributed by atoms with van der Waals surface area (Å²) in [6.45, 7) is 0. The Hall–Kier alpha value is -3.98. The van der Waals surface area contributed by atoms with E-state index in [9.17, 15) is 0 Å². The SMILES string of the molecule is COc1ccc([Si](c2ccc(OC)nc2)(c2ccc(OC)nc2)c2ccc(OC)nc2)cn1. The van der Waals surface area contributed by atoms with Crippen LogP contribution in [0.2, 0.25) is 0 Å². The van der Waals surface area contributed by atoms with Gasteiger partial charge in [-0.25, -0.2) is 19.9 Å². The largest absolute Gasteiger partial charge is 0.481 e. The highest BCUT2D eigenvalue weighted by atomic mass is 28.3. The Balaban J connectivity index is 2.05. The van der Waals surface area contributed by atoms with Gasteiger partial charge in [-0.3, -0.25) is 0 Å². The van der Waals surface area contributed by atoms with E-state index in [4.69, 9.17) is 18.9 Å². The van der Waals surface area contributed by atoms with Crippen molar-refractivity contribution in [1.29, 1.82) is 0 Å². The van der Waals surface area contributed by atoms with Crippen LogP contribution >= 0.6 is 0 Å². The van der Waals surface area contributed by atoms with Gasteiger partial charge in [-0.1, -0.05) is 24.3 Å². The maximum absolute atomic E-state index is 5.31. The second-order valence-corrected chi connectivity index (χ2v) is 10.9. The van der Waals surface area contributed by atoms with Crippen molar-refractivity contribution in [2.75, 3.05) is 28.4 Å². The molecule has 0 aliphatic heterocycles. The molecule has 0 atom stereocenters. The van der Waals surface area contributed by atoms with Gasteiger partial charge in [0.05, 0.1) is 28.4 Å². The van der Waals surface area contributed by atoms with Crippen molar-refractivity contribution in [3.05, 3.63) is 73.3 Å². The average Bonchev–Trinajstić information content (AvgIpc) is 2.90. The van der Waals surface area contributed by atoms with E-state index in [-0.39, 0.29) is 0 Å². The molecule has 0 saturated carbocycles. The highest BCUT2D eigenvalue weighted by Crippen LogP contribution is 2.14. The fourth-order valence-electron chi connectivity index (χ4n) is 3.89. The summed E-state index contributed by atoms with van der Waals surface area (Å²) in [4.78, 5) is 18.1. The number of pyridine rings is 4. The van der Waals surface area contributed by atoms with Crippen molar-refractivity contribution >= 4 is 28.8 Å². The zero-order chi connectivity index (χ0) is 23.3. The molecule has 9 heteroatoms. The van der Waals surface area contributed by atoms with Crippen molar-refractivity contribution in [3.63, 3.8) is 0 Å². The Kier molecular flexibility index (Phi) is 6.50. The molecule has 0 fully saturated rings.